The number of aliphatic hydroxyl groups excluding tert-OH is 1. The fourth-order valence-electron chi connectivity index (χ4n) is 4.36. The number of carbonyl (C=O) groups excluding carboxylic acids is 2. The van der Waals surface area contributed by atoms with Gasteiger partial charge in [0.2, 0.25) is 0 Å². The van der Waals surface area contributed by atoms with Gasteiger partial charge in [-0.05, 0) is 37.6 Å². The molecule has 3 aromatic rings. The number of nitrogen functional groups attached to an aromatic ring is 1. The van der Waals surface area contributed by atoms with Crippen molar-refractivity contribution in [2.45, 2.75) is 31.5 Å². The summed E-state index contributed by atoms with van der Waals surface area (Å²) < 4.78 is 43.2. The van der Waals surface area contributed by atoms with Crippen LogP contribution in [0, 0.1) is 0 Å². The first-order valence-corrected chi connectivity index (χ1v) is 16.0. The number of thiazole rings is 1. The van der Waals surface area contributed by atoms with E-state index in [0.29, 0.717) is 23.9 Å². The lowest BCUT2D eigenvalue weighted by molar-refractivity contribution is -0.656. The third kappa shape index (κ3) is 8.24. The molecule has 19 heteroatoms. The number of hydrogen-bond donors (Lipinski definition) is 6. The Labute approximate surface area is 268 Å². The number of nitrogens with one attached hydrogen (secondary N) is 2. The van der Waals surface area contributed by atoms with E-state index >= 15 is 0 Å². The lowest BCUT2D eigenvalue weighted by Gasteiger charge is -2.50. The van der Waals surface area contributed by atoms with E-state index in [1.807, 2.05) is 42.1 Å². The highest BCUT2D eigenvalue weighted by Gasteiger charge is 2.58. The normalized spacial score (nSPS) is 16.8. The highest BCUT2D eigenvalue weighted by molar-refractivity contribution is 7.80. The number of nitrogens with zero attached hydrogens (tertiary/aromatic N) is 4. The molecule has 1 aromatic carbocycles. The van der Waals surface area contributed by atoms with Crippen LogP contribution in [0.2, 0.25) is 0 Å². The number of hydrogen-bond acceptors (Lipinski definition) is 14. The predicted molar refractivity (Wildman–Crippen MR) is 167 cm³/mol. The second-order valence-electron chi connectivity index (χ2n) is 10.6. The molecule has 248 valence electrons. The first-order valence-electron chi connectivity index (χ1n) is 13.8. The van der Waals surface area contributed by atoms with Crippen molar-refractivity contribution in [2.24, 2.45) is 17.9 Å². The summed E-state index contributed by atoms with van der Waals surface area (Å²) in [5.41, 5.74) is 11.5. The van der Waals surface area contributed by atoms with Gasteiger partial charge in [0.15, 0.2) is 16.9 Å². The van der Waals surface area contributed by atoms with Crippen molar-refractivity contribution in [1.29, 1.82) is 0 Å². The highest BCUT2D eigenvalue weighted by atomic mass is 32.3. The van der Waals surface area contributed by atoms with Crippen molar-refractivity contribution < 1.29 is 46.1 Å². The number of aliphatic hydroxyl groups is 1. The topological polar surface area (TPSA) is 245 Å². The van der Waals surface area contributed by atoms with Crippen LogP contribution < -0.4 is 31.4 Å². The monoisotopic (exact) mass is 679 g/mol. The number of anilines is 2. The number of ether oxygens (including phenoxy) is 1. The molecule has 0 radical (unpaired) electrons. The molecule has 0 aliphatic carbocycles. The van der Waals surface area contributed by atoms with Crippen LogP contribution in [0.5, 0.6) is 5.75 Å². The molecule has 2 aromatic heterocycles. The fourth-order valence-corrected chi connectivity index (χ4v) is 5.36. The third-order valence-electron chi connectivity index (χ3n) is 6.80. The maximum Gasteiger partial charge on any atom is 0.418 e. The van der Waals surface area contributed by atoms with Crippen molar-refractivity contribution in [2.75, 3.05) is 37.4 Å². The third-order valence-corrected chi connectivity index (χ3v) is 7.82. The van der Waals surface area contributed by atoms with Gasteiger partial charge in [0.1, 0.15) is 24.1 Å². The predicted octanol–water partition coefficient (Wildman–Crippen LogP) is -0.412. The summed E-state index contributed by atoms with van der Waals surface area (Å²) in [6.07, 6.45) is 0.976. The molecule has 4 rings (SSSR count). The van der Waals surface area contributed by atoms with Gasteiger partial charge in [0, 0.05) is 23.6 Å². The number of oxime groups is 1. The maximum atomic E-state index is 13.2. The molecular weight excluding hydrogens is 644 g/mol. The zero-order valence-electron chi connectivity index (χ0n) is 25.1. The Balaban J connectivity index is 1.41. The molecule has 1 fully saturated rings. The van der Waals surface area contributed by atoms with Gasteiger partial charge in [0.25, 0.3) is 17.6 Å². The summed E-state index contributed by atoms with van der Waals surface area (Å²) in [4.78, 5) is 35.2. The Morgan fingerprint density at radius 1 is 1.24 bits per heavy atom. The van der Waals surface area contributed by atoms with Crippen LogP contribution >= 0.6 is 11.3 Å². The molecule has 1 saturated heterocycles. The second kappa shape index (κ2) is 14.4. The van der Waals surface area contributed by atoms with E-state index in [9.17, 15) is 23.1 Å². The van der Waals surface area contributed by atoms with Crippen LogP contribution in [0.3, 0.4) is 0 Å². The van der Waals surface area contributed by atoms with Crippen molar-refractivity contribution in [1.82, 2.24) is 15.4 Å². The van der Waals surface area contributed by atoms with Gasteiger partial charge in [-0.1, -0.05) is 17.3 Å². The Hall–Kier alpha value is -4.40. The lowest BCUT2D eigenvalue weighted by Crippen LogP contribution is -2.76. The number of aromatic nitrogens is 2. The van der Waals surface area contributed by atoms with Crippen LogP contribution in [0.4, 0.5) is 10.9 Å². The minimum atomic E-state index is -4.98. The summed E-state index contributed by atoms with van der Waals surface area (Å²) in [5.74, 6) is -0.420. The number of rotatable bonds is 15. The van der Waals surface area contributed by atoms with Crippen molar-refractivity contribution in [3.63, 3.8) is 0 Å². The number of nitrogens with two attached hydrogens (primary N) is 2. The van der Waals surface area contributed by atoms with E-state index in [1.165, 1.54) is 19.2 Å². The SMILES string of the molecule is C[n+]1cc(-c2ccc(OCC(CO)O/N=C(\C(=O)NC3C(=O)N(OS(=O)(=O)O)C3(C)C)c3csc(N)n3)cc2)ccc1NCCN. The van der Waals surface area contributed by atoms with Gasteiger partial charge in [-0.25, -0.2) is 9.55 Å². The quantitative estimate of drug-likeness (QED) is 0.0394. The van der Waals surface area contributed by atoms with Crippen molar-refractivity contribution in [3.05, 3.63) is 53.7 Å². The molecule has 0 spiro atoms. The Kier molecular flexibility index (Phi) is 10.8. The van der Waals surface area contributed by atoms with Gasteiger partial charge in [-0.2, -0.15) is 13.5 Å². The van der Waals surface area contributed by atoms with Crippen LogP contribution in [-0.4, -0.2) is 89.6 Å². The molecule has 2 atom stereocenters. The molecule has 1 aliphatic rings. The van der Waals surface area contributed by atoms with Crippen LogP contribution in [0.25, 0.3) is 11.1 Å². The molecule has 3 heterocycles. The first kappa shape index (κ1) is 34.5. The van der Waals surface area contributed by atoms with Crippen molar-refractivity contribution >= 4 is 50.2 Å². The zero-order chi connectivity index (χ0) is 33.6. The summed E-state index contributed by atoms with van der Waals surface area (Å²) in [7, 11) is -3.05. The molecule has 2 amide bonds. The van der Waals surface area contributed by atoms with E-state index in [1.54, 1.807) is 12.1 Å². The summed E-state index contributed by atoms with van der Waals surface area (Å²) in [5, 5.41) is 21.4. The first-order chi connectivity index (χ1) is 21.7. The Morgan fingerprint density at radius 2 is 1.93 bits per heavy atom. The van der Waals surface area contributed by atoms with E-state index in [-0.39, 0.29) is 23.1 Å². The number of amides is 2. The average molecular weight is 680 g/mol. The molecule has 17 nitrogen and oxygen atoms in total. The Bertz CT molecular complexity index is 1700. The second-order valence-corrected chi connectivity index (χ2v) is 12.5. The molecule has 2 unspecified atom stereocenters. The lowest BCUT2D eigenvalue weighted by atomic mass is 9.84. The standard InChI is InChI=1S/C27H34N8O9S2/c1-27(2)23(25(38)35(27)44-46(39,40)41)32-24(37)22(20-15-45-26(29)31-20)33-43-19(13-36)14-42-18-7-4-16(5-8-18)17-6-9-21(30-11-10-28)34(3)12-17/h4-9,12,15,19,23,36H,10-11,13-14,28H2,1-3H3,(H4,29,31,32,37,39,40,41)/p+1/b33-22-. The molecule has 0 saturated carbocycles. The molecule has 8 N–H and O–H groups in total. The summed E-state index contributed by atoms with van der Waals surface area (Å²) in [6.45, 7) is 3.33. The number of aryl methyl sites for hydroxylation is 1. The van der Waals surface area contributed by atoms with Crippen LogP contribution in [-0.2, 0) is 36.2 Å². The van der Waals surface area contributed by atoms with E-state index in [4.69, 9.17) is 25.6 Å². The van der Waals surface area contributed by atoms with Gasteiger partial charge >= 0.3 is 10.4 Å². The molecule has 0 bridgehead atoms. The average Bonchev–Trinajstić information content (AvgIpc) is 3.44. The minimum Gasteiger partial charge on any atom is -0.490 e. The highest BCUT2D eigenvalue weighted by Crippen LogP contribution is 2.33. The smallest absolute Gasteiger partial charge is 0.418 e. The van der Waals surface area contributed by atoms with Gasteiger partial charge < -0.3 is 31.5 Å². The number of benzene rings is 1. The molecular formula is C27H35N8O9S2+. The number of hydroxylamine groups is 2. The van der Waals surface area contributed by atoms with E-state index < -0.39 is 46.5 Å². The van der Waals surface area contributed by atoms with Gasteiger partial charge in [0.05, 0.1) is 31.9 Å². The van der Waals surface area contributed by atoms with Gasteiger partial charge in [-0.15, -0.1) is 15.6 Å². The van der Waals surface area contributed by atoms with E-state index in [0.717, 1.165) is 28.3 Å². The summed E-state index contributed by atoms with van der Waals surface area (Å²) in [6, 6.07) is 9.98. The summed E-state index contributed by atoms with van der Waals surface area (Å²) >= 11 is 1.02. The fraction of sp³-hybridized carbons (Fsp3) is 0.370. The largest absolute Gasteiger partial charge is 0.490 e. The molecule has 1 aliphatic heterocycles. The maximum absolute atomic E-state index is 13.2. The zero-order valence-corrected chi connectivity index (χ0v) is 26.7. The number of β-lactam (4-membered cyclic amide) rings is 1. The Morgan fingerprint density at radius 3 is 2.50 bits per heavy atom. The number of carbonyl (C=O) groups is 2. The van der Waals surface area contributed by atoms with E-state index in [2.05, 4.69) is 25.1 Å². The number of pyridine rings is 1. The van der Waals surface area contributed by atoms with Crippen LogP contribution in [0.1, 0.15) is 19.5 Å². The van der Waals surface area contributed by atoms with Crippen LogP contribution in [0.15, 0.2) is 53.1 Å². The van der Waals surface area contributed by atoms with Gasteiger partial charge in [-0.3, -0.25) is 19.5 Å². The minimum absolute atomic E-state index is 0.0282. The molecule has 46 heavy (non-hydrogen) atoms. The van der Waals surface area contributed by atoms with Crippen molar-refractivity contribution in [3.8, 4) is 16.9 Å².